The molecule has 0 aliphatic heterocycles. The quantitative estimate of drug-likeness (QED) is 0.145. The molecule has 5 aromatic rings. The molecule has 0 amide bonds. The average molecular weight is 530 g/mol. The van der Waals surface area contributed by atoms with Gasteiger partial charge in [0.25, 0.3) is 5.56 Å². The summed E-state index contributed by atoms with van der Waals surface area (Å²) in [5.41, 5.74) is 5.13. The van der Waals surface area contributed by atoms with Gasteiger partial charge in [0, 0.05) is 11.1 Å². The van der Waals surface area contributed by atoms with Crippen LogP contribution in [0, 0.1) is 6.92 Å². The van der Waals surface area contributed by atoms with Crippen molar-refractivity contribution in [1.29, 1.82) is 0 Å². The van der Waals surface area contributed by atoms with Crippen LogP contribution in [0.15, 0.2) is 114 Å². The first-order valence-corrected chi connectivity index (χ1v) is 13.3. The Morgan fingerprint density at radius 3 is 2.45 bits per heavy atom. The Labute approximate surface area is 233 Å². The van der Waals surface area contributed by atoms with Gasteiger partial charge in [0.15, 0.2) is 17.3 Å². The third kappa shape index (κ3) is 5.86. The Morgan fingerprint density at radius 2 is 1.70 bits per heavy atom. The van der Waals surface area contributed by atoms with Gasteiger partial charge in [-0.3, -0.25) is 4.79 Å². The van der Waals surface area contributed by atoms with Crippen molar-refractivity contribution in [3.05, 3.63) is 136 Å². The molecule has 0 fully saturated rings. The second-order valence-electron chi connectivity index (χ2n) is 9.39. The number of hydrogen-bond acceptors (Lipinski definition) is 5. The summed E-state index contributed by atoms with van der Waals surface area (Å²) in [7, 11) is 0. The molecule has 0 radical (unpaired) electrons. The minimum atomic E-state index is -0.241. The van der Waals surface area contributed by atoms with Gasteiger partial charge in [-0.1, -0.05) is 78.4 Å². The number of aryl methyl sites for hydroxylation is 1. The van der Waals surface area contributed by atoms with Crippen molar-refractivity contribution in [3.63, 3.8) is 0 Å². The van der Waals surface area contributed by atoms with E-state index in [1.165, 1.54) is 10.2 Å². The van der Waals surface area contributed by atoms with E-state index >= 15 is 0 Å². The van der Waals surface area contributed by atoms with E-state index in [0.29, 0.717) is 47.9 Å². The highest BCUT2D eigenvalue weighted by atomic mass is 16.5. The Morgan fingerprint density at radius 1 is 0.950 bits per heavy atom. The molecule has 0 bridgehead atoms. The summed E-state index contributed by atoms with van der Waals surface area (Å²) in [5.74, 6) is 1.76. The van der Waals surface area contributed by atoms with Gasteiger partial charge in [-0.25, -0.2) is 4.98 Å². The fourth-order valence-corrected chi connectivity index (χ4v) is 4.46. The molecular weight excluding hydrogens is 498 g/mol. The third-order valence-corrected chi connectivity index (χ3v) is 6.43. The van der Waals surface area contributed by atoms with E-state index in [2.05, 4.69) is 42.9 Å². The van der Waals surface area contributed by atoms with Crippen molar-refractivity contribution in [1.82, 2.24) is 9.66 Å². The maximum Gasteiger partial charge on any atom is 0.282 e. The molecule has 0 aliphatic rings. The number of fused-ring (bicyclic) bond motifs is 1. The first kappa shape index (κ1) is 26.6. The van der Waals surface area contributed by atoms with Crippen LogP contribution in [0.5, 0.6) is 11.5 Å². The normalized spacial score (nSPS) is 11.2. The van der Waals surface area contributed by atoms with Crippen LogP contribution < -0.4 is 15.0 Å². The van der Waals surface area contributed by atoms with E-state index in [1.807, 2.05) is 73.7 Å². The number of nitrogens with zero attached hydrogens (tertiary/aromatic N) is 3. The van der Waals surface area contributed by atoms with Crippen LogP contribution >= 0.6 is 0 Å². The van der Waals surface area contributed by atoms with Crippen LogP contribution in [0.1, 0.15) is 29.2 Å². The molecule has 0 saturated carbocycles. The van der Waals surface area contributed by atoms with Crippen molar-refractivity contribution >= 4 is 17.1 Å². The van der Waals surface area contributed by atoms with Crippen molar-refractivity contribution in [2.24, 2.45) is 5.10 Å². The summed E-state index contributed by atoms with van der Waals surface area (Å²) in [6.45, 7) is 8.81. The van der Waals surface area contributed by atoms with Crippen molar-refractivity contribution in [3.8, 4) is 22.9 Å². The molecule has 0 aliphatic carbocycles. The maximum absolute atomic E-state index is 13.5. The van der Waals surface area contributed by atoms with Gasteiger partial charge in [0.05, 0.1) is 23.7 Å². The molecule has 1 heterocycles. The van der Waals surface area contributed by atoms with Crippen molar-refractivity contribution in [2.75, 3.05) is 6.61 Å². The van der Waals surface area contributed by atoms with Crippen LogP contribution in [-0.2, 0) is 13.0 Å². The first-order chi connectivity index (χ1) is 19.6. The number of aromatic nitrogens is 2. The van der Waals surface area contributed by atoms with Crippen molar-refractivity contribution in [2.45, 2.75) is 26.9 Å². The number of hydrogen-bond donors (Lipinski definition) is 0. The van der Waals surface area contributed by atoms with Gasteiger partial charge in [-0.2, -0.15) is 9.78 Å². The van der Waals surface area contributed by atoms with Crippen LogP contribution in [-0.4, -0.2) is 22.5 Å². The predicted octanol–water partition coefficient (Wildman–Crippen LogP) is 6.96. The largest absolute Gasteiger partial charge is 0.490 e. The summed E-state index contributed by atoms with van der Waals surface area (Å²) in [6, 6.07) is 29.0. The van der Waals surface area contributed by atoms with Crippen LogP contribution in [0.2, 0.25) is 0 Å². The Bertz CT molecular complexity index is 1720. The van der Waals surface area contributed by atoms with Crippen LogP contribution in [0.3, 0.4) is 0 Å². The van der Waals surface area contributed by atoms with Gasteiger partial charge >= 0.3 is 0 Å². The average Bonchev–Trinajstić information content (AvgIpc) is 2.98. The van der Waals surface area contributed by atoms with E-state index in [-0.39, 0.29) is 5.56 Å². The Hall–Kier alpha value is -4.97. The fourth-order valence-electron chi connectivity index (χ4n) is 4.46. The fraction of sp³-hybridized carbons (Fsp3) is 0.147. The van der Waals surface area contributed by atoms with Crippen LogP contribution in [0.4, 0.5) is 0 Å². The van der Waals surface area contributed by atoms with Gasteiger partial charge in [0.2, 0.25) is 0 Å². The number of para-hydroxylation sites is 1. The monoisotopic (exact) mass is 529 g/mol. The molecule has 0 saturated heterocycles. The van der Waals surface area contributed by atoms with Gasteiger partial charge < -0.3 is 9.47 Å². The number of benzene rings is 4. The lowest BCUT2D eigenvalue weighted by Crippen LogP contribution is -2.20. The smallest absolute Gasteiger partial charge is 0.282 e. The molecule has 6 heteroatoms. The van der Waals surface area contributed by atoms with E-state index in [9.17, 15) is 4.79 Å². The number of rotatable bonds is 10. The Kier molecular flexibility index (Phi) is 8.16. The van der Waals surface area contributed by atoms with Gasteiger partial charge in [0.1, 0.15) is 6.61 Å². The summed E-state index contributed by atoms with van der Waals surface area (Å²) in [6.07, 6.45) is 4.07. The molecule has 5 rings (SSSR count). The molecule has 200 valence electrons. The first-order valence-electron chi connectivity index (χ1n) is 13.3. The second kappa shape index (κ2) is 12.3. The number of ether oxygens (including phenoxy) is 2. The molecule has 0 atom stereocenters. The summed E-state index contributed by atoms with van der Waals surface area (Å²) >= 11 is 0. The molecule has 0 N–H and O–H groups in total. The van der Waals surface area contributed by atoms with E-state index in [4.69, 9.17) is 14.5 Å². The maximum atomic E-state index is 13.5. The zero-order chi connectivity index (χ0) is 27.9. The number of allylic oxidation sites excluding steroid dienone is 1. The highest BCUT2D eigenvalue weighted by Gasteiger charge is 2.15. The highest BCUT2D eigenvalue weighted by molar-refractivity contribution is 5.83. The third-order valence-electron chi connectivity index (χ3n) is 6.43. The molecule has 4 aromatic carbocycles. The summed E-state index contributed by atoms with van der Waals surface area (Å²) < 4.78 is 13.6. The molecular formula is C34H31N3O3. The molecule has 40 heavy (non-hydrogen) atoms. The standard InChI is InChI=1S/C34H31N3O3/c1-4-11-28-20-26(21-31(39-5-2)32(28)40-23-25-18-16-24(3)17-19-25)22-35-37-33(27-12-7-6-8-13-27)36-30-15-10-9-14-29(30)34(37)38/h4,6-10,12-22H,1,5,11,23H2,2-3H3. The van der Waals surface area contributed by atoms with E-state index in [1.54, 1.807) is 12.3 Å². The second-order valence-corrected chi connectivity index (χ2v) is 9.39. The minimum Gasteiger partial charge on any atom is -0.490 e. The Balaban J connectivity index is 1.56. The van der Waals surface area contributed by atoms with Crippen LogP contribution in [0.25, 0.3) is 22.3 Å². The lowest BCUT2D eigenvalue weighted by Gasteiger charge is -2.17. The lowest BCUT2D eigenvalue weighted by atomic mass is 10.1. The van der Waals surface area contributed by atoms with Gasteiger partial charge in [-0.05, 0) is 55.7 Å². The minimum absolute atomic E-state index is 0.241. The van der Waals surface area contributed by atoms with E-state index < -0.39 is 0 Å². The molecule has 0 spiro atoms. The molecule has 6 nitrogen and oxygen atoms in total. The summed E-state index contributed by atoms with van der Waals surface area (Å²) in [5, 5.41) is 5.13. The summed E-state index contributed by atoms with van der Waals surface area (Å²) in [4.78, 5) is 18.3. The van der Waals surface area contributed by atoms with Crippen molar-refractivity contribution < 1.29 is 9.47 Å². The highest BCUT2D eigenvalue weighted by Crippen LogP contribution is 2.34. The van der Waals surface area contributed by atoms with Gasteiger partial charge in [-0.15, -0.1) is 6.58 Å². The topological polar surface area (TPSA) is 65.7 Å². The van der Waals surface area contributed by atoms with E-state index in [0.717, 1.165) is 22.3 Å². The molecule has 1 aromatic heterocycles. The molecule has 0 unspecified atom stereocenters. The zero-order valence-electron chi connectivity index (χ0n) is 22.7. The SMILES string of the molecule is C=CCc1cc(C=Nn2c(-c3ccccc3)nc3ccccc3c2=O)cc(OCC)c1OCc1ccc(C)cc1. The lowest BCUT2D eigenvalue weighted by molar-refractivity contribution is 0.267. The predicted molar refractivity (Wildman–Crippen MR) is 161 cm³/mol. The zero-order valence-corrected chi connectivity index (χ0v) is 22.7.